The molecule has 0 aromatic heterocycles. The minimum Gasteiger partial charge on any atom is -0.253 e. The molecule has 0 heterocycles. The van der Waals surface area contributed by atoms with Gasteiger partial charge in [-0.15, -0.1) is 0 Å². The van der Waals surface area contributed by atoms with Crippen molar-refractivity contribution in [3.8, 4) is 0 Å². The maximum Gasteiger partial charge on any atom is 0.0527 e. The molecule has 296 valence electrons. The average Bonchev–Trinajstić information content (AvgIpc) is 3.37. The second-order valence-electron chi connectivity index (χ2n) is 27.3. The summed E-state index contributed by atoms with van der Waals surface area (Å²) in [6, 6.07) is 0. The van der Waals surface area contributed by atoms with E-state index in [9.17, 15) is 0 Å². The molecule has 0 saturated heterocycles. The number of hydrogen-bond acceptors (Lipinski definition) is 0. The van der Waals surface area contributed by atoms with Gasteiger partial charge in [-0.05, 0) is 0 Å². The largest absolute Gasteiger partial charge is 0.253 e. The van der Waals surface area contributed by atoms with Gasteiger partial charge in [0.25, 0.3) is 0 Å². The second-order valence-corrected chi connectivity index (χ2v) is 30.0. The van der Waals surface area contributed by atoms with Gasteiger partial charge < -0.3 is 0 Å². The lowest BCUT2D eigenvalue weighted by Crippen LogP contribution is -2.93. The van der Waals surface area contributed by atoms with Crippen LogP contribution in [-0.4, -0.2) is 686 Å². The van der Waals surface area contributed by atoms with Crippen LogP contribution in [0.5, 0.6) is 0 Å². The quantitative estimate of drug-likeness (QED) is 0.0421. The highest BCUT2D eigenvalue weighted by Crippen LogP contribution is 2.54. The average molecular weight is 1080 g/mol. The van der Waals surface area contributed by atoms with Gasteiger partial charge in [0.1, 0.15) is 0 Å². The second kappa shape index (κ2) is 48.2. The van der Waals surface area contributed by atoms with Crippen LogP contribution in [-0.2, 0) is 0 Å². The van der Waals surface area contributed by atoms with Gasteiger partial charge in [0, 0.05) is 668 Å². The highest BCUT2D eigenvalue weighted by Gasteiger charge is 2.68. The summed E-state index contributed by atoms with van der Waals surface area (Å²) in [6.45, 7) is 0. The highest BCUT2D eigenvalue weighted by molar-refractivity contribution is 8.65. The first-order valence-electron chi connectivity index (χ1n) is 32.1. The van der Waals surface area contributed by atoms with E-state index in [0.29, 0.717) is 0 Å². The lowest BCUT2D eigenvalue weighted by atomic mass is 8.34. The zero-order chi connectivity index (χ0) is 77.7. The maximum absolute atomic E-state index is 7.27. The number of rotatable bonds is 47. The zero-order valence-corrected chi connectivity index (χ0v) is 57.3. The highest BCUT2D eigenvalue weighted by atomic mass is 31.1. The normalized spacial score (nSPS) is 9.93. The summed E-state index contributed by atoms with van der Waals surface area (Å²) in [5.41, 5.74) is 0. The number of hydrogen-bond donors (Lipinski definition) is 0. The molecule has 100 radical (unpaired) electrons. The van der Waals surface area contributed by atoms with E-state index in [4.69, 9.17) is 387 Å². The van der Waals surface area contributed by atoms with E-state index in [1.54, 1.807) is 0 Å². The molecule has 0 rings (SSSR count). The minimum atomic E-state index is -3.73. The van der Waals surface area contributed by atoms with Crippen molar-refractivity contribution in [2.45, 2.75) is 0 Å². The summed E-state index contributed by atoms with van der Waals surface area (Å²) < 4.78 is 0. The molecule has 0 nitrogen and oxygen atoms in total. The molecule has 0 unspecified atom stereocenters. The molecule has 0 fully saturated rings. The van der Waals surface area contributed by atoms with E-state index >= 15 is 0 Å². The van der Waals surface area contributed by atoms with Crippen molar-refractivity contribution in [2.24, 2.45) is 0 Å². The summed E-state index contributed by atoms with van der Waals surface area (Å²) in [4.78, 5) is 0. The molecular formula is B97P. The van der Waals surface area contributed by atoms with Gasteiger partial charge in [-0.3, -0.25) is 7.56 Å². The molecule has 0 aromatic rings. The minimum absolute atomic E-state index is 1.66. The Labute approximate surface area is 686 Å². The topological polar surface area (TPSA) is 0 Å². The molecular weight excluding hydrogens is 1080 g/mol. The molecule has 0 aliphatic carbocycles. The van der Waals surface area contributed by atoms with Gasteiger partial charge in [-0.1, -0.05) is 0 Å². The van der Waals surface area contributed by atoms with Gasteiger partial charge in [0.05, 0.1) is 18.6 Å². The monoisotopic (exact) mass is 1100 g/mol. The Hall–Kier alpha value is 6.73. The SMILES string of the molecule is [B]B([B])B(B([B])[B])B(B([B])[B])B(B(B([B])[B])B([B])[B])B(B(B(B([B])[B])B([B])[B])B(B([B])[B])B([B])[B])P(B(B(B(B([B])[B])B([B])[B])B(B([B])[B])B([B])[B])B(B(B([B])[B])B([B])[B])B(B([B])[B])B([B])[B])B(B(B(B([B])[B])B([B])[B])B(B([B])[B])B([B])[B])B(B(B([B])[B])B([B])[B])B(B([B])[B])B([B])[B]. The van der Waals surface area contributed by atoms with Crippen molar-refractivity contribution in [2.75, 3.05) is 0 Å². The molecule has 0 aliphatic rings. The maximum atomic E-state index is 7.27. The molecule has 0 saturated carbocycles. The van der Waals surface area contributed by atoms with E-state index in [0.717, 1.165) is 0 Å². The Morgan fingerprint density at radius 2 is 0.143 bits per heavy atom. The molecule has 98 heteroatoms. The third kappa shape index (κ3) is 28.0. The molecule has 0 spiro atoms. The Kier molecular flexibility index (Phi) is 51.5. The first kappa shape index (κ1) is 105. The van der Waals surface area contributed by atoms with Crippen LogP contribution in [0.1, 0.15) is 0 Å². The predicted molar refractivity (Wildman–Crippen MR) is 565 cm³/mol. The molecule has 0 bridgehead atoms. The predicted octanol–water partition coefficient (Wildman–Crippen LogP) is -36.1. The third-order valence-corrected chi connectivity index (χ3v) is 24.4. The van der Waals surface area contributed by atoms with Crippen LogP contribution < -0.4 is 0 Å². The van der Waals surface area contributed by atoms with Crippen molar-refractivity contribution in [1.29, 1.82) is 0 Å². The third-order valence-electron chi connectivity index (χ3n) is 20.3. The zero-order valence-electron chi connectivity index (χ0n) is 56.5. The molecule has 0 aromatic carbocycles. The van der Waals surface area contributed by atoms with Crippen LogP contribution in [0.3, 0.4) is 0 Å². The molecule has 0 atom stereocenters. The van der Waals surface area contributed by atoms with Gasteiger partial charge in [-0.25, -0.2) is 0 Å². The van der Waals surface area contributed by atoms with E-state index < -0.39 is 307 Å². The lowest BCUT2D eigenvalue weighted by Gasteiger charge is -2.64. The summed E-state index contributed by atoms with van der Waals surface area (Å²) in [7, 11) is 351. The standard InChI is InChI=1S/B97P/c1-51(2)76(52(3)4)88(75(49)50)94(87(73(45)46)74(47)48)97(93(85(69(37)38)70(39)40)86(71(41)42)72(43)44)98(95(89(77(53(5)6)54(7)8)78(55(9)10)56(11)12)90(79(57(13)14)58(15)16)80(59(17)18)60(19)20)96(91(81(61(21)22)62(23)24)82(63(25)26)64(27)28)92(83(65(29)30)66(31)32)84(67(33)34)68(35)36. The Morgan fingerprint density at radius 1 is 0.0816 bits per heavy atom. The Bertz CT molecular complexity index is 1650. The van der Waals surface area contributed by atoms with E-state index in [-0.39, 0.29) is 0 Å². The Morgan fingerprint density at radius 3 is 0.214 bits per heavy atom. The van der Waals surface area contributed by atoms with Crippen LogP contribution in [0, 0.1) is 0 Å². The van der Waals surface area contributed by atoms with Gasteiger partial charge >= 0.3 is 0 Å². The fourth-order valence-corrected chi connectivity index (χ4v) is 22.8. The smallest absolute Gasteiger partial charge is 0.0527 e. The molecule has 98 heavy (non-hydrogen) atoms. The van der Waals surface area contributed by atoms with Crippen molar-refractivity contribution in [1.82, 2.24) is 0 Å². The van der Waals surface area contributed by atoms with Gasteiger partial charge in [-0.2, -0.15) is 0 Å². The van der Waals surface area contributed by atoms with Crippen LogP contribution in [0.4, 0.5) is 0 Å². The van der Waals surface area contributed by atoms with Crippen molar-refractivity contribution < 1.29 is 0 Å². The summed E-state index contributed by atoms with van der Waals surface area (Å²) in [5, 5.41) is 0. The van der Waals surface area contributed by atoms with Gasteiger partial charge in [0.2, 0.25) is 0 Å². The van der Waals surface area contributed by atoms with Crippen LogP contribution in [0.2, 0.25) is 0 Å². The van der Waals surface area contributed by atoms with E-state index in [1.807, 2.05) is 0 Å². The fraction of sp³-hybridized carbons (Fsp3) is 0. The lowest BCUT2D eigenvalue weighted by molar-refractivity contribution is 3.20. The summed E-state index contributed by atoms with van der Waals surface area (Å²) in [5.74, 6) is 0. The molecule has 0 N–H and O–H groups in total. The van der Waals surface area contributed by atoms with Gasteiger partial charge in [0.15, 0.2) is 0 Å². The van der Waals surface area contributed by atoms with Crippen LogP contribution in [0.25, 0.3) is 0 Å². The van der Waals surface area contributed by atoms with Crippen LogP contribution >= 0.6 is 7.56 Å². The molecule has 0 amide bonds. The first-order valence-corrected chi connectivity index (χ1v) is 33.7. The molecule has 0 aliphatic heterocycles. The van der Waals surface area contributed by atoms with Crippen molar-refractivity contribution in [3.63, 3.8) is 0 Å². The van der Waals surface area contributed by atoms with E-state index in [1.165, 1.54) is 0 Å². The van der Waals surface area contributed by atoms with E-state index in [2.05, 4.69) is 0 Å². The van der Waals surface area contributed by atoms with Crippen molar-refractivity contribution in [3.05, 3.63) is 0 Å². The first-order chi connectivity index (χ1) is 44.5. The summed E-state index contributed by atoms with van der Waals surface area (Å²) in [6.07, 6.45) is -87.3. The van der Waals surface area contributed by atoms with Crippen LogP contribution in [0.15, 0.2) is 0 Å². The fourth-order valence-electron chi connectivity index (χ4n) is 16.8. The summed E-state index contributed by atoms with van der Waals surface area (Å²) >= 11 is 0. The van der Waals surface area contributed by atoms with Crippen molar-refractivity contribution >= 4 is 694 Å². The Balaban J connectivity index is 14.5.